The van der Waals surface area contributed by atoms with Gasteiger partial charge in [-0.3, -0.25) is 28.8 Å². The molecule has 0 radical (unpaired) electrons. The third-order valence-corrected chi connectivity index (χ3v) is 8.70. The molecule has 49 heavy (non-hydrogen) atoms. The predicted molar refractivity (Wildman–Crippen MR) is 196 cm³/mol. The Morgan fingerprint density at radius 1 is 0.939 bits per heavy atom. The molecule has 0 spiro atoms. The van der Waals surface area contributed by atoms with Gasteiger partial charge in [0.15, 0.2) is 0 Å². The van der Waals surface area contributed by atoms with Gasteiger partial charge in [0, 0.05) is 50.8 Å². The Kier molecular flexibility index (Phi) is 10.0. The molecule has 5 rings (SSSR count). The highest BCUT2D eigenvalue weighted by atomic mass is 35.5. The van der Waals surface area contributed by atoms with E-state index in [1.54, 1.807) is 71.4 Å². The number of rotatable bonds is 8. The fourth-order valence-electron chi connectivity index (χ4n) is 5.98. The number of hydrogen-bond acceptors (Lipinski definition) is 5. The minimum Gasteiger partial charge on any atom is -0.497 e. The smallest absolute Gasteiger partial charge is 0.262 e. The van der Waals surface area contributed by atoms with E-state index in [1.165, 1.54) is 0 Å². The van der Waals surface area contributed by atoms with Crippen molar-refractivity contribution in [1.82, 2.24) is 14.9 Å². The van der Waals surface area contributed by atoms with E-state index >= 15 is 0 Å². The van der Waals surface area contributed by atoms with E-state index < -0.39 is 11.6 Å². The molecule has 0 fully saturated rings. The van der Waals surface area contributed by atoms with Crippen LogP contribution >= 0.6 is 11.6 Å². The molecule has 0 aliphatic rings. The van der Waals surface area contributed by atoms with Crippen LogP contribution in [0.2, 0.25) is 5.02 Å². The molecule has 2 amide bonds. The van der Waals surface area contributed by atoms with Crippen LogP contribution in [0.4, 0.5) is 5.69 Å². The lowest BCUT2D eigenvalue weighted by atomic mass is 9.87. The molecule has 0 aliphatic carbocycles. The molecule has 8 nitrogen and oxygen atoms in total. The maximum absolute atomic E-state index is 14.9. The van der Waals surface area contributed by atoms with Gasteiger partial charge in [-0.25, -0.2) is 0 Å². The van der Waals surface area contributed by atoms with Crippen LogP contribution < -0.4 is 15.0 Å². The number of nitrogens with one attached hydrogen (secondary N) is 1. The van der Waals surface area contributed by atoms with Crippen LogP contribution in [0.25, 0.3) is 10.9 Å². The minimum atomic E-state index is -1.03. The Morgan fingerprint density at radius 2 is 1.61 bits per heavy atom. The van der Waals surface area contributed by atoms with Crippen LogP contribution in [-0.2, 0) is 21.4 Å². The number of ether oxygens (including phenoxy) is 1. The number of nitrogens with zero attached hydrogens (tertiary/aromatic N) is 3. The molecule has 1 N–H and O–H groups in total. The molecule has 0 saturated heterocycles. The molecule has 254 valence electrons. The van der Waals surface area contributed by atoms with Crippen LogP contribution in [0.1, 0.15) is 80.3 Å². The zero-order chi connectivity index (χ0) is 35.7. The Morgan fingerprint density at radius 3 is 2.18 bits per heavy atom. The fourth-order valence-corrected chi connectivity index (χ4v) is 6.11. The average molecular weight is 679 g/mol. The van der Waals surface area contributed by atoms with Gasteiger partial charge >= 0.3 is 0 Å². The van der Waals surface area contributed by atoms with Crippen molar-refractivity contribution in [2.45, 2.75) is 71.9 Å². The molecule has 2 heterocycles. The molecule has 0 saturated carbocycles. The van der Waals surface area contributed by atoms with Crippen molar-refractivity contribution < 1.29 is 19.1 Å². The fraction of sp³-hybridized carbons (Fsp3) is 0.300. The van der Waals surface area contributed by atoms with Gasteiger partial charge in [0.1, 0.15) is 11.8 Å². The summed E-state index contributed by atoms with van der Waals surface area (Å²) in [6.07, 6.45) is 3.15. The van der Waals surface area contributed by atoms with Crippen molar-refractivity contribution in [3.05, 3.63) is 124 Å². The molecule has 2 aromatic heterocycles. The first-order chi connectivity index (χ1) is 23.1. The van der Waals surface area contributed by atoms with Crippen LogP contribution in [0.15, 0.2) is 91.3 Å². The highest BCUT2D eigenvalue weighted by Crippen LogP contribution is 2.35. The first-order valence-electron chi connectivity index (χ1n) is 16.2. The quantitative estimate of drug-likeness (QED) is 0.179. The molecule has 1 atom stereocenters. The number of pyridine rings is 1. The van der Waals surface area contributed by atoms with Gasteiger partial charge in [-0.05, 0) is 105 Å². The Bertz CT molecular complexity index is 1990. The number of benzene rings is 3. The van der Waals surface area contributed by atoms with Gasteiger partial charge in [0.25, 0.3) is 5.91 Å². The maximum atomic E-state index is 14.9. The summed E-state index contributed by atoms with van der Waals surface area (Å²) in [5.41, 5.74) is 3.89. The molecule has 1 unspecified atom stereocenters. The number of aromatic nitrogens is 2. The summed E-state index contributed by atoms with van der Waals surface area (Å²) in [5.74, 6) is -0.335. The summed E-state index contributed by atoms with van der Waals surface area (Å²) in [6.45, 7) is 13.9. The van der Waals surface area contributed by atoms with Gasteiger partial charge in [0.05, 0.1) is 19.0 Å². The number of carbonyl (C=O) groups excluding carboxylic acids is 3. The highest BCUT2D eigenvalue weighted by Gasteiger charge is 2.36. The first kappa shape index (κ1) is 35.4. The standard InChI is InChI=1S/C40H43ClN4O4/c1-25-32(33-22-31(49-8)19-20-34(33)44(25)38(48)26-11-15-29(41)16-12-26)23-35(46)45(30-17-13-28(14-18-30)39(2,3)4)36(27-10-9-21-42-24-27)37(47)43-40(5,6)7/h9-22,24,36H,23H2,1-8H3,(H,43,47). The van der Waals surface area contributed by atoms with E-state index in [0.717, 1.165) is 5.56 Å². The highest BCUT2D eigenvalue weighted by molar-refractivity contribution is 6.30. The van der Waals surface area contributed by atoms with E-state index in [-0.39, 0.29) is 29.6 Å². The summed E-state index contributed by atoms with van der Waals surface area (Å²) in [6, 6.07) is 22.4. The lowest BCUT2D eigenvalue weighted by Gasteiger charge is -2.34. The van der Waals surface area contributed by atoms with Crippen molar-refractivity contribution >= 4 is 45.9 Å². The van der Waals surface area contributed by atoms with Crippen molar-refractivity contribution in [2.75, 3.05) is 12.0 Å². The van der Waals surface area contributed by atoms with E-state index in [4.69, 9.17) is 16.3 Å². The normalized spacial score (nSPS) is 12.4. The van der Waals surface area contributed by atoms with Crippen LogP contribution in [0, 0.1) is 6.92 Å². The lowest BCUT2D eigenvalue weighted by Crippen LogP contribution is -2.50. The van der Waals surface area contributed by atoms with Gasteiger partial charge in [-0.15, -0.1) is 0 Å². The summed E-state index contributed by atoms with van der Waals surface area (Å²) < 4.78 is 7.17. The number of fused-ring (bicyclic) bond motifs is 1. The molecule has 9 heteroatoms. The topological polar surface area (TPSA) is 93.5 Å². The van der Waals surface area contributed by atoms with E-state index in [2.05, 4.69) is 31.1 Å². The second-order valence-corrected chi connectivity index (χ2v) is 14.7. The third-order valence-electron chi connectivity index (χ3n) is 8.45. The molecular formula is C40H43ClN4O4. The number of carbonyl (C=O) groups is 3. The number of hydrogen-bond donors (Lipinski definition) is 1. The van der Waals surface area contributed by atoms with E-state index in [0.29, 0.717) is 49.7 Å². The van der Waals surface area contributed by atoms with Gasteiger partial charge < -0.3 is 10.1 Å². The number of anilines is 1. The van der Waals surface area contributed by atoms with Crippen LogP contribution in [0.5, 0.6) is 5.75 Å². The van der Waals surface area contributed by atoms with Gasteiger partial charge in [-0.1, -0.05) is 50.6 Å². The van der Waals surface area contributed by atoms with Crippen molar-refractivity contribution in [3.8, 4) is 5.75 Å². The van der Waals surface area contributed by atoms with Crippen LogP contribution in [-0.4, -0.2) is 39.9 Å². The molecule has 5 aromatic rings. The summed E-state index contributed by atoms with van der Waals surface area (Å²) in [4.78, 5) is 48.9. The van der Waals surface area contributed by atoms with E-state index in [9.17, 15) is 14.4 Å². The SMILES string of the molecule is COc1ccc2c(c1)c(CC(=O)N(c1ccc(C(C)(C)C)cc1)C(C(=O)NC(C)(C)C)c1cccnc1)c(C)n2C(=O)c1ccc(Cl)cc1. The van der Waals surface area contributed by atoms with Gasteiger partial charge in [0.2, 0.25) is 11.8 Å². The Hall–Kier alpha value is -4.95. The summed E-state index contributed by atoms with van der Waals surface area (Å²) in [7, 11) is 1.57. The van der Waals surface area contributed by atoms with Crippen LogP contribution in [0.3, 0.4) is 0 Å². The summed E-state index contributed by atoms with van der Waals surface area (Å²) in [5, 5.41) is 4.31. The number of methoxy groups -OCH3 is 1. The zero-order valence-electron chi connectivity index (χ0n) is 29.3. The number of amides is 2. The Labute approximate surface area is 293 Å². The van der Waals surface area contributed by atoms with Crippen molar-refractivity contribution in [3.63, 3.8) is 0 Å². The maximum Gasteiger partial charge on any atom is 0.262 e. The monoisotopic (exact) mass is 678 g/mol. The predicted octanol–water partition coefficient (Wildman–Crippen LogP) is 8.22. The molecular weight excluding hydrogens is 636 g/mol. The second kappa shape index (κ2) is 13.9. The molecule has 0 bridgehead atoms. The molecule has 3 aromatic carbocycles. The van der Waals surface area contributed by atoms with Crippen molar-refractivity contribution in [2.24, 2.45) is 0 Å². The minimum absolute atomic E-state index is 0.100. The molecule has 0 aliphatic heterocycles. The third kappa shape index (κ3) is 7.70. The lowest BCUT2D eigenvalue weighted by molar-refractivity contribution is -0.127. The second-order valence-electron chi connectivity index (χ2n) is 14.3. The van der Waals surface area contributed by atoms with Crippen molar-refractivity contribution in [1.29, 1.82) is 0 Å². The number of halogens is 1. The largest absolute Gasteiger partial charge is 0.497 e. The first-order valence-corrected chi connectivity index (χ1v) is 16.6. The zero-order valence-corrected chi connectivity index (χ0v) is 30.1. The summed E-state index contributed by atoms with van der Waals surface area (Å²) >= 11 is 6.12. The van der Waals surface area contributed by atoms with Gasteiger partial charge in [-0.2, -0.15) is 0 Å². The Balaban J connectivity index is 1.68. The van der Waals surface area contributed by atoms with E-state index in [1.807, 2.05) is 64.1 Å². The average Bonchev–Trinajstić information content (AvgIpc) is 3.32.